The zero-order valence-corrected chi connectivity index (χ0v) is 14.6. The number of aromatic nitrogens is 1. The van der Waals surface area contributed by atoms with Crippen molar-refractivity contribution in [1.29, 1.82) is 0 Å². The van der Waals surface area contributed by atoms with Crippen LogP contribution in [-0.4, -0.2) is 11.1 Å². The van der Waals surface area contributed by atoms with Gasteiger partial charge in [-0.25, -0.2) is 0 Å². The summed E-state index contributed by atoms with van der Waals surface area (Å²) in [5.41, 5.74) is 1.76. The lowest BCUT2D eigenvalue weighted by Crippen LogP contribution is -2.10. The summed E-state index contributed by atoms with van der Waals surface area (Å²) in [7, 11) is 0. The summed E-state index contributed by atoms with van der Waals surface area (Å²) in [6.45, 7) is 0. The van der Waals surface area contributed by atoms with Gasteiger partial charge < -0.3 is 9.84 Å². The van der Waals surface area contributed by atoms with Crippen LogP contribution >= 0.6 is 39.1 Å². The maximum Gasteiger partial charge on any atom is 0.294 e. The van der Waals surface area contributed by atoms with E-state index in [1.807, 2.05) is 12.1 Å². The highest BCUT2D eigenvalue weighted by molar-refractivity contribution is 9.10. The molecule has 0 bridgehead atoms. The molecule has 0 aliphatic carbocycles. The highest BCUT2D eigenvalue weighted by Crippen LogP contribution is 2.30. The molecule has 2 aromatic carbocycles. The van der Waals surface area contributed by atoms with Crippen LogP contribution in [0.5, 0.6) is 0 Å². The molecule has 3 aromatic rings. The molecule has 1 amide bonds. The van der Waals surface area contributed by atoms with Crippen LogP contribution < -0.4 is 5.32 Å². The van der Waals surface area contributed by atoms with Crippen molar-refractivity contribution in [2.75, 3.05) is 5.32 Å². The fourth-order valence-corrected chi connectivity index (χ4v) is 2.70. The van der Waals surface area contributed by atoms with Crippen LogP contribution in [0, 0.1) is 0 Å². The van der Waals surface area contributed by atoms with E-state index in [2.05, 4.69) is 26.4 Å². The van der Waals surface area contributed by atoms with E-state index in [1.165, 1.54) is 6.07 Å². The number of carbonyl (C=O) groups is 1. The molecule has 4 nitrogen and oxygen atoms in total. The third kappa shape index (κ3) is 3.75. The minimum atomic E-state index is -0.392. The van der Waals surface area contributed by atoms with E-state index in [0.717, 1.165) is 4.47 Å². The smallest absolute Gasteiger partial charge is 0.294 e. The average Bonchev–Trinajstić information content (AvgIpc) is 2.99. The Balaban J connectivity index is 1.81. The summed E-state index contributed by atoms with van der Waals surface area (Å²) in [5.74, 6) is -0.301. The molecule has 1 heterocycles. The van der Waals surface area contributed by atoms with Gasteiger partial charge in [-0.3, -0.25) is 4.79 Å². The third-order valence-electron chi connectivity index (χ3n) is 3.04. The highest BCUT2D eigenvalue weighted by Gasteiger charge is 2.16. The van der Waals surface area contributed by atoms with Crippen molar-refractivity contribution in [3.05, 3.63) is 68.8 Å². The van der Waals surface area contributed by atoms with Gasteiger partial charge in [-0.2, -0.15) is 0 Å². The number of nitrogens with one attached hydrogen (secondary N) is 1. The quantitative estimate of drug-likeness (QED) is 0.604. The van der Waals surface area contributed by atoms with Gasteiger partial charge in [0.25, 0.3) is 5.91 Å². The van der Waals surface area contributed by atoms with E-state index in [9.17, 15) is 4.79 Å². The monoisotopic (exact) mass is 410 g/mol. The molecule has 0 spiro atoms. The Morgan fingerprint density at radius 3 is 2.52 bits per heavy atom. The molecule has 1 N–H and O–H groups in total. The minimum absolute atomic E-state index is 0.0916. The number of hydrogen-bond donors (Lipinski definition) is 1. The number of benzene rings is 2. The topological polar surface area (TPSA) is 55.1 Å². The number of nitrogens with zero attached hydrogens (tertiary/aromatic N) is 1. The fraction of sp³-hybridized carbons (Fsp3) is 0. The van der Waals surface area contributed by atoms with E-state index in [0.29, 0.717) is 27.0 Å². The third-order valence-corrected chi connectivity index (χ3v) is 4.12. The second-order valence-corrected chi connectivity index (χ2v) is 6.42. The van der Waals surface area contributed by atoms with Gasteiger partial charge in [0.05, 0.1) is 5.02 Å². The zero-order chi connectivity index (χ0) is 16.4. The number of hydrogen-bond acceptors (Lipinski definition) is 3. The zero-order valence-electron chi connectivity index (χ0n) is 11.5. The number of amides is 1. The fourth-order valence-electron chi connectivity index (χ4n) is 1.93. The first-order valence-corrected chi connectivity index (χ1v) is 8.07. The highest BCUT2D eigenvalue weighted by atomic mass is 79.9. The largest absolute Gasteiger partial charge is 0.350 e. The first kappa shape index (κ1) is 16.1. The molecule has 23 heavy (non-hydrogen) atoms. The van der Waals surface area contributed by atoms with Crippen molar-refractivity contribution in [3.63, 3.8) is 0 Å². The SMILES string of the molecule is O=C(Nc1ccc(Br)cc1)c1cc(-c2ccc(Cl)cc2Cl)no1. The molecule has 116 valence electrons. The van der Waals surface area contributed by atoms with Crippen molar-refractivity contribution < 1.29 is 9.32 Å². The Labute approximate surface area is 150 Å². The normalized spacial score (nSPS) is 10.6. The van der Waals surface area contributed by atoms with Crippen molar-refractivity contribution in [2.24, 2.45) is 0 Å². The summed E-state index contributed by atoms with van der Waals surface area (Å²) in [4.78, 5) is 12.2. The van der Waals surface area contributed by atoms with E-state index >= 15 is 0 Å². The standard InChI is InChI=1S/C16H9BrCl2N2O2/c17-9-1-4-11(5-2-9)20-16(22)15-8-14(21-23-15)12-6-3-10(18)7-13(12)19/h1-8H,(H,20,22). The van der Waals surface area contributed by atoms with Crippen LogP contribution in [0.4, 0.5) is 5.69 Å². The van der Waals surface area contributed by atoms with Gasteiger partial charge in [0.2, 0.25) is 5.76 Å². The minimum Gasteiger partial charge on any atom is -0.350 e. The lowest BCUT2D eigenvalue weighted by molar-refractivity contribution is 0.0988. The Morgan fingerprint density at radius 1 is 1.09 bits per heavy atom. The second kappa shape index (κ2) is 6.74. The van der Waals surface area contributed by atoms with Crippen molar-refractivity contribution in [2.45, 2.75) is 0 Å². The molecule has 0 fully saturated rings. The Hall–Kier alpha value is -1.82. The molecule has 1 aromatic heterocycles. The van der Waals surface area contributed by atoms with Gasteiger partial charge in [-0.15, -0.1) is 0 Å². The summed E-state index contributed by atoms with van der Waals surface area (Å²) < 4.78 is 6.02. The number of halogens is 3. The predicted octanol–water partition coefficient (Wildman–Crippen LogP) is 5.66. The van der Waals surface area contributed by atoms with Gasteiger partial charge in [0.15, 0.2) is 0 Å². The van der Waals surface area contributed by atoms with Gasteiger partial charge in [0, 0.05) is 26.8 Å². The van der Waals surface area contributed by atoms with E-state index in [1.54, 1.807) is 30.3 Å². The Morgan fingerprint density at radius 2 is 1.83 bits per heavy atom. The van der Waals surface area contributed by atoms with Crippen molar-refractivity contribution >= 4 is 50.7 Å². The molecule has 0 saturated carbocycles. The first-order chi connectivity index (χ1) is 11.0. The molecule has 0 atom stereocenters. The van der Waals surface area contributed by atoms with Crippen LogP contribution in [0.3, 0.4) is 0 Å². The van der Waals surface area contributed by atoms with Crippen LogP contribution in [0.1, 0.15) is 10.6 Å². The van der Waals surface area contributed by atoms with Gasteiger partial charge in [-0.1, -0.05) is 44.3 Å². The summed E-state index contributed by atoms with van der Waals surface area (Å²) in [6.07, 6.45) is 0. The van der Waals surface area contributed by atoms with Crippen molar-refractivity contribution in [1.82, 2.24) is 5.16 Å². The van der Waals surface area contributed by atoms with Crippen LogP contribution in [0.2, 0.25) is 10.0 Å². The Bertz CT molecular complexity index is 863. The summed E-state index contributed by atoms with van der Waals surface area (Å²) >= 11 is 15.3. The average molecular weight is 412 g/mol. The van der Waals surface area contributed by atoms with Gasteiger partial charge >= 0.3 is 0 Å². The lowest BCUT2D eigenvalue weighted by atomic mass is 10.1. The van der Waals surface area contributed by atoms with Crippen LogP contribution in [0.15, 0.2) is 57.5 Å². The molecule has 0 unspecified atom stereocenters. The number of carbonyl (C=O) groups excluding carboxylic acids is 1. The molecular formula is C16H9BrCl2N2O2. The second-order valence-electron chi connectivity index (χ2n) is 4.66. The first-order valence-electron chi connectivity index (χ1n) is 6.52. The number of rotatable bonds is 3. The summed E-state index contributed by atoms with van der Waals surface area (Å²) in [5, 5.41) is 7.57. The maximum absolute atomic E-state index is 12.2. The van der Waals surface area contributed by atoms with E-state index < -0.39 is 5.91 Å². The molecule has 0 saturated heterocycles. The molecule has 0 aliphatic heterocycles. The molecule has 7 heteroatoms. The van der Waals surface area contributed by atoms with Crippen LogP contribution in [0.25, 0.3) is 11.3 Å². The lowest BCUT2D eigenvalue weighted by Gasteiger charge is -2.02. The molecular weight excluding hydrogens is 403 g/mol. The molecule has 0 aliphatic rings. The van der Waals surface area contributed by atoms with Crippen LogP contribution in [-0.2, 0) is 0 Å². The summed E-state index contributed by atoms with van der Waals surface area (Å²) in [6, 6.07) is 13.8. The van der Waals surface area contributed by atoms with Gasteiger partial charge in [-0.05, 0) is 42.5 Å². The van der Waals surface area contributed by atoms with Gasteiger partial charge in [0.1, 0.15) is 5.69 Å². The molecule has 0 radical (unpaired) electrons. The Kier molecular flexibility index (Phi) is 4.71. The number of anilines is 1. The van der Waals surface area contributed by atoms with E-state index in [4.69, 9.17) is 27.7 Å². The van der Waals surface area contributed by atoms with E-state index in [-0.39, 0.29) is 5.76 Å². The predicted molar refractivity (Wildman–Crippen MR) is 94.1 cm³/mol. The maximum atomic E-state index is 12.2. The van der Waals surface area contributed by atoms with Crippen molar-refractivity contribution in [3.8, 4) is 11.3 Å². The molecule has 3 rings (SSSR count).